The van der Waals surface area contributed by atoms with Crippen LogP contribution in [0.1, 0.15) is 35.4 Å². The van der Waals surface area contributed by atoms with E-state index < -0.39 is 12.1 Å². The average molecular weight is 444 g/mol. The van der Waals surface area contributed by atoms with E-state index in [1.165, 1.54) is 0 Å². The minimum Gasteiger partial charge on any atom is -0.508 e. The van der Waals surface area contributed by atoms with E-state index in [2.05, 4.69) is 5.32 Å². The molecule has 3 aromatic carbocycles. The second kappa shape index (κ2) is 10.3. The Bertz CT molecular complexity index is 1050. The predicted molar refractivity (Wildman–Crippen MR) is 127 cm³/mol. The Morgan fingerprint density at radius 2 is 1.61 bits per heavy atom. The topological polar surface area (TPSA) is 95.7 Å². The monoisotopic (exact) mass is 443 g/mol. The van der Waals surface area contributed by atoms with Crippen LogP contribution in [0, 0.1) is 0 Å². The van der Waals surface area contributed by atoms with E-state index in [9.17, 15) is 14.7 Å². The zero-order chi connectivity index (χ0) is 23.2. The number of likely N-dealkylation sites (tertiary alicyclic amines) is 1. The van der Waals surface area contributed by atoms with Gasteiger partial charge in [0.2, 0.25) is 11.8 Å². The molecule has 2 amide bonds. The van der Waals surface area contributed by atoms with Crippen molar-refractivity contribution in [3.8, 4) is 5.75 Å². The molecule has 170 valence electrons. The SMILES string of the molecule is NC(C(=O)N1CCC[C@H]1C(=O)NCc1cccc(O)c1)C(c1ccccc1)c1ccccc1. The average Bonchev–Trinajstić information content (AvgIpc) is 3.34. The van der Waals surface area contributed by atoms with Crippen molar-refractivity contribution in [2.45, 2.75) is 37.4 Å². The lowest BCUT2D eigenvalue weighted by Crippen LogP contribution is -2.52. The molecule has 6 nitrogen and oxygen atoms in total. The minimum absolute atomic E-state index is 0.151. The molecule has 4 N–H and O–H groups in total. The van der Waals surface area contributed by atoms with Crippen molar-refractivity contribution in [1.82, 2.24) is 10.2 Å². The molecule has 3 aromatic rings. The van der Waals surface area contributed by atoms with Crippen molar-refractivity contribution in [2.24, 2.45) is 5.73 Å². The zero-order valence-electron chi connectivity index (χ0n) is 18.4. The van der Waals surface area contributed by atoms with Crippen molar-refractivity contribution in [3.05, 3.63) is 102 Å². The first-order valence-electron chi connectivity index (χ1n) is 11.3. The van der Waals surface area contributed by atoms with Crippen LogP contribution in [0.2, 0.25) is 0 Å². The summed E-state index contributed by atoms with van der Waals surface area (Å²) in [4.78, 5) is 28.1. The molecule has 0 aromatic heterocycles. The van der Waals surface area contributed by atoms with E-state index in [1.54, 1.807) is 23.1 Å². The molecule has 1 fully saturated rings. The van der Waals surface area contributed by atoms with Gasteiger partial charge in [0, 0.05) is 19.0 Å². The van der Waals surface area contributed by atoms with Crippen molar-refractivity contribution in [1.29, 1.82) is 0 Å². The predicted octanol–water partition coefficient (Wildman–Crippen LogP) is 3.16. The molecule has 0 spiro atoms. The number of nitrogens with zero attached hydrogens (tertiary/aromatic N) is 1. The lowest BCUT2D eigenvalue weighted by atomic mass is 9.84. The molecule has 1 aliphatic heterocycles. The van der Waals surface area contributed by atoms with Crippen LogP contribution in [0.25, 0.3) is 0 Å². The van der Waals surface area contributed by atoms with Crippen LogP contribution in [0.15, 0.2) is 84.9 Å². The second-order valence-electron chi connectivity index (χ2n) is 8.40. The summed E-state index contributed by atoms with van der Waals surface area (Å²) in [6, 6.07) is 25.0. The molecule has 1 saturated heterocycles. The van der Waals surface area contributed by atoms with Gasteiger partial charge in [-0.05, 0) is 41.7 Å². The molecule has 1 heterocycles. The van der Waals surface area contributed by atoms with Gasteiger partial charge in [0.05, 0.1) is 6.04 Å². The third-order valence-corrected chi connectivity index (χ3v) is 6.18. The number of amides is 2. The van der Waals surface area contributed by atoms with E-state index in [0.29, 0.717) is 13.0 Å². The number of nitrogens with one attached hydrogen (secondary N) is 1. The third kappa shape index (κ3) is 5.23. The fourth-order valence-corrected chi connectivity index (χ4v) is 4.54. The van der Waals surface area contributed by atoms with Crippen molar-refractivity contribution < 1.29 is 14.7 Å². The van der Waals surface area contributed by atoms with Gasteiger partial charge in [0.25, 0.3) is 0 Å². The fraction of sp³-hybridized carbons (Fsp3) is 0.259. The van der Waals surface area contributed by atoms with Gasteiger partial charge in [-0.1, -0.05) is 72.8 Å². The number of hydrogen-bond donors (Lipinski definition) is 3. The maximum absolute atomic E-state index is 13.6. The summed E-state index contributed by atoms with van der Waals surface area (Å²) in [5, 5.41) is 12.5. The number of hydrogen-bond acceptors (Lipinski definition) is 4. The molecule has 0 bridgehead atoms. The lowest BCUT2D eigenvalue weighted by Gasteiger charge is -2.31. The van der Waals surface area contributed by atoms with Crippen molar-refractivity contribution in [2.75, 3.05) is 6.54 Å². The first-order valence-corrected chi connectivity index (χ1v) is 11.3. The largest absolute Gasteiger partial charge is 0.508 e. The molecule has 2 atom stereocenters. The molecule has 1 unspecified atom stereocenters. The summed E-state index contributed by atoms with van der Waals surface area (Å²) >= 11 is 0. The van der Waals surface area contributed by atoms with Crippen LogP contribution < -0.4 is 11.1 Å². The number of benzene rings is 3. The summed E-state index contributed by atoms with van der Waals surface area (Å²) in [6.45, 7) is 0.793. The minimum atomic E-state index is -0.811. The summed E-state index contributed by atoms with van der Waals surface area (Å²) in [5.41, 5.74) is 9.33. The van der Waals surface area contributed by atoms with Crippen LogP contribution in [0.3, 0.4) is 0 Å². The number of phenolic OH excluding ortho intramolecular Hbond substituents is 1. The Labute approximate surface area is 194 Å². The Morgan fingerprint density at radius 1 is 0.970 bits per heavy atom. The zero-order valence-corrected chi connectivity index (χ0v) is 18.4. The molecular weight excluding hydrogens is 414 g/mol. The number of aromatic hydroxyl groups is 1. The van der Waals surface area contributed by atoms with Gasteiger partial charge in [0.15, 0.2) is 0 Å². The molecule has 1 aliphatic rings. The lowest BCUT2D eigenvalue weighted by molar-refractivity contribution is -0.139. The molecule has 0 radical (unpaired) electrons. The van der Waals surface area contributed by atoms with Crippen LogP contribution >= 0.6 is 0 Å². The Kier molecular flexibility index (Phi) is 7.05. The highest BCUT2D eigenvalue weighted by atomic mass is 16.3. The number of rotatable bonds is 7. The third-order valence-electron chi connectivity index (χ3n) is 6.18. The van der Waals surface area contributed by atoms with Crippen LogP contribution in [0.4, 0.5) is 0 Å². The highest BCUT2D eigenvalue weighted by Crippen LogP contribution is 2.30. The van der Waals surface area contributed by atoms with Crippen LogP contribution in [-0.2, 0) is 16.1 Å². The Hall–Kier alpha value is -3.64. The van der Waals surface area contributed by atoms with Crippen LogP contribution in [-0.4, -0.2) is 40.4 Å². The van der Waals surface area contributed by atoms with Gasteiger partial charge in [-0.2, -0.15) is 0 Å². The first-order chi connectivity index (χ1) is 16.0. The number of nitrogens with two attached hydrogens (primary N) is 1. The van der Waals surface area contributed by atoms with E-state index in [4.69, 9.17) is 5.73 Å². The van der Waals surface area contributed by atoms with Gasteiger partial charge >= 0.3 is 0 Å². The molecule has 0 aliphatic carbocycles. The maximum atomic E-state index is 13.6. The molecule has 33 heavy (non-hydrogen) atoms. The highest BCUT2D eigenvalue weighted by molar-refractivity contribution is 5.91. The van der Waals surface area contributed by atoms with E-state index >= 15 is 0 Å². The smallest absolute Gasteiger partial charge is 0.243 e. The Balaban J connectivity index is 1.50. The number of phenols is 1. The number of carbonyl (C=O) groups excluding carboxylic acids is 2. The first kappa shape index (κ1) is 22.6. The standard InChI is InChI=1S/C27H29N3O3/c28-25(24(20-10-3-1-4-11-20)21-12-5-2-6-13-21)27(33)30-16-8-15-23(30)26(32)29-18-19-9-7-14-22(31)17-19/h1-7,9-14,17,23-25,31H,8,15-16,18,28H2,(H,29,32)/t23-,25?/m0/s1. The molecular formula is C27H29N3O3. The van der Waals surface area contributed by atoms with Crippen LogP contribution in [0.5, 0.6) is 5.75 Å². The highest BCUT2D eigenvalue weighted by Gasteiger charge is 2.39. The molecule has 6 heteroatoms. The summed E-state index contributed by atoms with van der Waals surface area (Å²) in [5.74, 6) is -0.579. The van der Waals surface area contributed by atoms with Gasteiger partial charge in [-0.25, -0.2) is 0 Å². The van der Waals surface area contributed by atoms with Crippen molar-refractivity contribution >= 4 is 11.8 Å². The van der Waals surface area contributed by atoms with Crippen molar-refractivity contribution in [3.63, 3.8) is 0 Å². The fourth-order valence-electron chi connectivity index (χ4n) is 4.54. The quantitative estimate of drug-likeness (QED) is 0.523. The maximum Gasteiger partial charge on any atom is 0.243 e. The second-order valence-corrected chi connectivity index (χ2v) is 8.40. The Morgan fingerprint density at radius 3 is 2.21 bits per heavy atom. The summed E-state index contributed by atoms with van der Waals surface area (Å²) < 4.78 is 0. The van der Waals surface area contributed by atoms with E-state index in [0.717, 1.165) is 23.1 Å². The van der Waals surface area contributed by atoms with Gasteiger partial charge in [0.1, 0.15) is 11.8 Å². The normalized spacial score (nSPS) is 16.5. The number of carbonyl (C=O) groups is 2. The van der Waals surface area contributed by atoms with Gasteiger partial charge in [-0.15, -0.1) is 0 Å². The van der Waals surface area contributed by atoms with E-state index in [1.807, 2.05) is 66.7 Å². The van der Waals surface area contributed by atoms with Gasteiger partial charge in [-0.3, -0.25) is 9.59 Å². The molecule has 0 saturated carbocycles. The van der Waals surface area contributed by atoms with Gasteiger partial charge < -0.3 is 21.1 Å². The molecule has 4 rings (SSSR count). The summed E-state index contributed by atoms with van der Waals surface area (Å²) in [6.07, 6.45) is 1.36. The van der Waals surface area contributed by atoms with E-state index in [-0.39, 0.29) is 30.0 Å². The summed E-state index contributed by atoms with van der Waals surface area (Å²) in [7, 11) is 0.